The highest BCUT2D eigenvalue weighted by Gasteiger charge is 2.13. The smallest absolute Gasteiger partial charge is 0.220 e. The number of hydrogen-bond acceptors (Lipinski definition) is 3. The molecule has 1 amide bonds. The molecule has 0 bridgehead atoms. The topological polar surface area (TPSA) is 41.6 Å². The molecule has 0 unspecified atom stereocenters. The Bertz CT molecular complexity index is 721. The van der Waals surface area contributed by atoms with Crippen molar-refractivity contribution >= 4 is 5.91 Å². The molecule has 27 heavy (non-hydrogen) atoms. The quantitative estimate of drug-likeness (QED) is 0.680. The van der Waals surface area contributed by atoms with Crippen molar-refractivity contribution in [1.29, 1.82) is 0 Å². The van der Waals surface area contributed by atoms with Crippen LogP contribution in [-0.2, 0) is 17.9 Å². The van der Waals surface area contributed by atoms with Crippen LogP contribution in [0.25, 0.3) is 0 Å². The molecule has 0 radical (unpaired) electrons. The van der Waals surface area contributed by atoms with Gasteiger partial charge in [0.2, 0.25) is 5.91 Å². The molecule has 4 nitrogen and oxygen atoms in total. The first-order valence-electron chi connectivity index (χ1n) is 9.96. The van der Waals surface area contributed by atoms with E-state index in [0.29, 0.717) is 19.6 Å². The van der Waals surface area contributed by atoms with Gasteiger partial charge in [-0.3, -0.25) is 9.69 Å². The van der Waals surface area contributed by atoms with Crippen molar-refractivity contribution in [3.8, 4) is 5.75 Å². The van der Waals surface area contributed by atoms with Crippen molar-refractivity contribution in [1.82, 2.24) is 10.2 Å². The number of aryl methyl sites for hydroxylation is 1. The number of amides is 1. The molecule has 0 aromatic heterocycles. The summed E-state index contributed by atoms with van der Waals surface area (Å²) in [5, 5.41) is 3.06. The highest BCUT2D eigenvalue weighted by Crippen LogP contribution is 2.16. The lowest BCUT2D eigenvalue weighted by molar-refractivity contribution is -0.121. The van der Waals surface area contributed by atoms with Gasteiger partial charge in [-0.1, -0.05) is 42.0 Å². The van der Waals surface area contributed by atoms with Crippen molar-refractivity contribution < 1.29 is 9.53 Å². The molecule has 1 heterocycles. The molecule has 1 fully saturated rings. The van der Waals surface area contributed by atoms with Gasteiger partial charge in [0.15, 0.2) is 0 Å². The molecule has 0 spiro atoms. The summed E-state index contributed by atoms with van der Waals surface area (Å²) in [6, 6.07) is 16.4. The summed E-state index contributed by atoms with van der Waals surface area (Å²) in [6.45, 7) is 6.56. The van der Waals surface area contributed by atoms with Crippen LogP contribution < -0.4 is 10.1 Å². The van der Waals surface area contributed by atoms with Crippen LogP contribution in [0.2, 0.25) is 0 Å². The van der Waals surface area contributed by atoms with Crippen LogP contribution in [0, 0.1) is 6.92 Å². The third-order valence-corrected chi connectivity index (χ3v) is 5.02. The Morgan fingerprint density at radius 1 is 1.04 bits per heavy atom. The van der Waals surface area contributed by atoms with Gasteiger partial charge in [-0.25, -0.2) is 0 Å². The second kappa shape index (κ2) is 10.1. The largest absolute Gasteiger partial charge is 0.494 e. The molecule has 144 valence electrons. The Hall–Kier alpha value is -2.33. The summed E-state index contributed by atoms with van der Waals surface area (Å²) in [5.41, 5.74) is 3.75. The fourth-order valence-corrected chi connectivity index (χ4v) is 3.41. The van der Waals surface area contributed by atoms with E-state index >= 15 is 0 Å². The molecule has 4 heteroatoms. The Morgan fingerprint density at radius 2 is 1.74 bits per heavy atom. The number of benzene rings is 2. The summed E-state index contributed by atoms with van der Waals surface area (Å²) in [5.74, 6) is 0.940. The maximum atomic E-state index is 12.2. The van der Waals surface area contributed by atoms with Gasteiger partial charge in [0.05, 0.1) is 6.61 Å². The molecule has 1 N–H and O–H groups in total. The van der Waals surface area contributed by atoms with Crippen molar-refractivity contribution in [3.63, 3.8) is 0 Å². The molecule has 0 atom stereocenters. The molecule has 1 aliphatic rings. The standard InChI is InChI=1S/C23H30N2O2/c1-19-10-12-22(13-11-19)27-16-6-9-23(26)24-17-20-7-2-3-8-21(20)18-25-14-4-5-15-25/h2-3,7-8,10-13H,4-6,9,14-18H2,1H3,(H,24,26). The predicted octanol–water partition coefficient (Wildman–Crippen LogP) is 4.07. The summed E-state index contributed by atoms with van der Waals surface area (Å²) >= 11 is 0. The zero-order chi connectivity index (χ0) is 18.9. The molecule has 1 saturated heterocycles. The molecule has 3 rings (SSSR count). The number of nitrogens with one attached hydrogen (secondary N) is 1. The van der Waals surface area contributed by atoms with Crippen LogP contribution in [0.5, 0.6) is 5.75 Å². The fraction of sp³-hybridized carbons (Fsp3) is 0.435. The van der Waals surface area contributed by atoms with Gasteiger partial charge in [-0.05, 0) is 62.5 Å². The van der Waals surface area contributed by atoms with Gasteiger partial charge < -0.3 is 10.1 Å². The summed E-state index contributed by atoms with van der Waals surface area (Å²) in [4.78, 5) is 14.6. The highest BCUT2D eigenvalue weighted by atomic mass is 16.5. The fourth-order valence-electron chi connectivity index (χ4n) is 3.41. The SMILES string of the molecule is Cc1ccc(OCCCC(=O)NCc2ccccc2CN2CCCC2)cc1. The van der Waals surface area contributed by atoms with Crippen molar-refractivity contribution in [2.75, 3.05) is 19.7 Å². The molecule has 0 saturated carbocycles. The molecule has 2 aromatic rings. The lowest BCUT2D eigenvalue weighted by Crippen LogP contribution is -2.25. The van der Waals surface area contributed by atoms with E-state index in [-0.39, 0.29) is 5.91 Å². The second-order valence-electron chi connectivity index (χ2n) is 7.29. The lowest BCUT2D eigenvalue weighted by Gasteiger charge is -2.17. The van der Waals surface area contributed by atoms with Crippen LogP contribution in [0.4, 0.5) is 0 Å². The van der Waals surface area contributed by atoms with E-state index in [2.05, 4.69) is 35.3 Å². The van der Waals surface area contributed by atoms with Crippen LogP contribution >= 0.6 is 0 Å². The first kappa shape index (κ1) is 19.4. The highest BCUT2D eigenvalue weighted by molar-refractivity contribution is 5.75. The summed E-state index contributed by atoms with van der Waals surface area (Å²) in [7, 11) is 0. The van der Waals surface area contributed by atoms with Crippen LogP contribution in [0.15, 0.2) is 48.5 Å². The number of nitrogens with zero attached hydrogens (tertiary/aromatic N) is 1. The Balaban J connectivity index is 1.38. The zero-order valence-electron chi connectivity index (χ0n) is 16.2. The summed E-state index contributed by atoms with van der Waals surface area (Å²) < 4.78 is 5.68. The summed E-state index contributed by atoms with van der Waals surface area (Å²) in [6.07, 6.45) is 3.79. The van der Waals surface area contributed by atoms with Gasteiger partial charge in [0, 0.05) is 19.5 Å². The molecule has 2 aromatic carbocycles. The van der Waals surface area contributed by atoms with Crippen LogP contribution in [0.3, 0.4) is 0 Å². The number of rotatable bonds is 9. The van der Waals surface area contributed by atoms with Crippen LogP contribution in [0.1, 0.15) is 42.4 Å². The number of carbonyl (C=O) groups excluding carboxylic acids is 1. The minimum Gasteiger partial charge on any atom is -0.494 e. The van der Waals surface area contributed by atoms with Gasteiger partial charge in [0.25, 0.3) is 0 Å². The third kappa shape index (κ3) is 6.40. The first-order valence-corrected chi connectivity index (χ1v) is 9.96. The van der Waals surface area contributed by atoms with Crippen LogP contribution in [-0.4, -0.2) is 30.5 Å². The molecular weight excluding hydrogens is 336 g/mol. The van der Waals surface area contributed by atoms with Gasteiger partial charge in [-0.15, -0.1) is 0 Å². The van der Waals surface area contributed by atoms with E-state index in [9.17, 15) is 4.79 Å². The number of likely N-dealkylation sites (tertiary alicyclic amines) is 1. The Labute approximate surface area is 162 Å². The maximum absolute atomic E-state index is 12.2. The minimum absolute atomic E-state index is 0.0819. The number of ether oxygens (including phenoxy) is 1. The third-order valence-electron chi connectivity index (χ3n) is 5.02. The maximum Gasteiger partial charge on any atom is 0.220 e. The van der Waals surface area contributed by atoms with E-state index in [1.165, 1.54) is 42.6 Å². The minimum atomic E-state index is 0.0819. The molecular formula is C23H30N2O2. The second-order valence-corrected chi connectivity index (χ2v) is 7.29. The van der Waals surface area contributed by atoms with E-state index in [1.54, 1.807) is 0 Å². The Morgan fingerprint density at radius 3 is 2.48 bits per heavy atom. The predicted molar refractivity (Wildman–Crippen MR) is 109 cm³/mol. The Kier molecular flexibility index (Phi) is 7.28. The lowest BCUT2D eigenvalue weighted by atomic mass is 10.1. The normalized spacial score (nSPS) is 14.3. The van der Waals surface area contributed by atoms with Gasteiger partial charge >= 0.3 is 0 Å². The number of hydrogen-bond donors (Lipinski definition) is 1. The average Bonchev–Trinajstić information content (AvgIpc) is 3.19. The van der Waals surface area contributed by atoms with E-state index in [0.717, 1.165) is 18.7 Å². The van der Waals surface area contributed by atoms with E-state index < -0.39 is 0 Å². The van der Waals surface area contributed by atoms with Gasteiger partial charge in [-0.2, -0.15) is 0 Å². The first-order chi connectivity index (χ1) is 13.2. The zero-order valence-corrected chi connectivity index (χ0v) is 16.2. The average molecular weight is 367 g/mol. The van der Waals surface area contributed by atoms with Crippen molar-refractivity contribution in [2.24, 2.45) is 0 Å². The monoisotopic (exact) mass is 366 g/mol. The number of carbonyl (C=O) groups is 1. The van der Waals surface area contributed by atoms with Crippen molar-refractivity contribution in [3.05, 3.63) is 65.2 Å². The van der Waals surface area contributed by atoms with Gasteiger partial charge in [0.1, 0.15) is 5.75 Å². The molecule has 1 aliphatic heterocycles. The van der Waals surface area contributed by atoms with E-state index in [1.807, 2.05) is 30.3 Å². The van der Waals surface area contributed by atoms with E-state index in [4.69, 9.17) is 4.74 Å². The molecule has 0 aliphatic carbocycles. The van der Waals surface area contributed by atoms with Crippen molar-refractivity contribution in [2.45, 2.75) is 45.7 Å².